The third-order valence-electron chi connectivity index (χ3n) is 5.93. The molecule has 0 saturated carbocycles. The number of nitrogens with one attached hydrogen (secondary N) is 2. The Morgan fingerprint density at radius 1 is 1.11 bits per heavy atom. The molecule has 37 heavy (non-hydrogen) atoms. The van der Waals surface area contributed by atoms with Gasteiger partial charge in [-0.2, -0.15) is 0 Å². The number of likely N-dealkylation sites (tertiary alicyclic amines) is 1. The van der Waals surface area contributed by atoms with Crippen molar-refractivity contribution in [2.45, 2.75) is 16.2 Å². The van der Waals surface area contributed by atoms with Gasteiger partial charge in [0.15, 0.2) is 6.61 Å². The molecule has 5 rings (SSSR count). The molecule has 1 aromatic heterocycles. The SMILES string of the molecule is O=C(O)CN1C(=O)[C@@H]2[C@H](c3cc(Br)ccc3OCC(=O)Nc3ccccc3)c3sc(=O)[nH]c3S[C@@H]2C1=O. The van der Waals surface area contributed by atoms with Gasteiger partial charge in [0.1, 0.15) is 17.5 Å². The summed E-state index contributed by atoms with van der Waals surface area (Å²) in [5.74, 6) is -4.38. The van der Waals surface area contributed by atoms with Crippen LogP contribution in [-0.2, 0) is 19.2 Å². The van der Waals surface area contributed by atoms with Gasteiger partial charge in [-0.25, -0.2) is 0 Å². The van der Waals surface area contributed by atoms with E-state index < -0.39 is 47.3 Å². The van der Waals surface area contributed by atoms with E-state index in [1.54, 1.807) is 42.5 Å². The number of carbonyl (C=O) groups is 4. The number of para-hydroxylation sites is 1. The van der Waals surface area contributed by atoms with E-state index in [1.165, 1.54) is 0 Å². The van der Waals surface area contributed by atoms with Crippen molar-refractivity contribution < 1.29 is 29.0 Å². The van der Waals surface area contributed by atoms with Gasteiger partial charge in [0.2, 0.25) is 11.8 Å². The van der Waals surface area contributed by atoms with Gasteiger partial charge in [0, 0.05) is 26.5 Å². The molecule has 0 radical (unpaired) electrons. The number of amides is 3. The molecule has 13 heteroatoms. The highest BCUT2D eigenvalue weighted by atomic mass is 79.9. The summed E-state index contributed by atoms with van der Waals surface area (Å²) in [5.41, 5.74) is 1.10. The Morgan fingerprint density at radius 3 is 2.59 bits per heavy atom. The van der Waals surface area contributed by atoms with E-state index in [9.17, 15) is 29.1 Å². The number of aliphatic carboxylic acids is 1. The fraction of sp³-hybridized carbons (Fsp3) is 0.208. The van der Waals surface area contributed by atoms with Crippen molar-refractivity contribution in [1.82, 2.24) is 9.88 Å². The average molecular weight is 604 g/mol. The molecule has 0 aliphatic carbocycles. The highest BCUT2D eigenvalue weighted by Crippen LogP contribution is 2.54. The number of fused-ring (bicyclic) bond motifs is 2. The lowest BCUT2D eigenvalue weighted by Gasteiger charge is -2.31. The zero-order valence-corrected chi connectivity index (χ0v) is 22.0. The van der Waals surface area contributed by atoms with Crippen molar-refractivity contribution in [3.8, 4) is 5.75 Å². The molecule has 2 aliphatic rings. The van der Waals surface area contributed by atoms with Gasteiger partial charge in [0.25, 0.3) is 5.91 Å². The van der Waals surface area contributed by atoms with Gasteiger partial charge in [-0.3, -0.25) is 28.9 Å². The normalized spacial score (nSPS) is 20.4. The topological polar surface area (TPSA) is 146 Å². The average Bonchev–Trinajstić information content (AvgIpc) is 3.34. The molecule has 3 aromatic rings. The molecule has 2 aliphatic heterocycles. The summed E-state index contributed by atoms with van der Waals surface area (Å²) < 4.78 is 6.53. The summed E-state index contributed by atoms with van der Waals surface area (Å²) in [4.78, 5) is 66.2. The van der Waals surface area contributed by atoms with Gasteiger partial charge >= 0.3 is 10.8 Å². The molecule has 3 heterocycles. The van der Waals surface area contributed by atoms with Crippen molar-refractivity contribution in [1.29, 1.82) is 0 Å². The number of H-pyrrole nitrogens is 1. The summed E-state index contributed by atoms with van der Waals surface area (Å²) in [7, 11) is 0. The smallest absolute Gasteiger partial charge is 0.323 e. The van der Waals surface area contributed by atoms with Crippen LogP contribution in [0.5, 0.6) is 5.75 Å². The summed E-state index contributed by atoms with van der Waals surface area (Å²) in [6.07, 6.45) is 0. The first-order valence-electron chi connectivity index (χ1n) is 11.0. The molecule has 1 fully saturated rings. The van der Waals surface area contributed by atoms with E-state index in [1.807, 2.05) is 6.07 Å². The molecule has 190 valence electrons. The molecular weight excluding hydrogens is 586 g/mol. The number of rotatable bonds is 7. The summed E-state index contributed by atoms with van der Waals surface area (Å²) in [6, 6.07) is 13.9. The highest BCUT2D eigenvalue weighted by Gasteiger charge is 2.56. The Hall–Kier alpha value is -3.42. The summed E-state index contributed by atoms with van der Waals surface area (Å²) in [6.45, 7) is -1.07. The van der Waals surface area contributed by atoms with Crippen LogP contribution < -0.4 is 14.9 Å². The largest absolute Gasteiger partial charge is 0.483 e. The highest BCUT2D eigenvalue weighted by molar-refractivity contribution is 9.10. The molecule has 0 spiro atoms. The first-order chi connectivity index (χ1) is 17.7. The van der Waals surface area contributed by atoms with E-state index in [-0.39, 0.29) is 11.5 Å². The monoisotopic (exact) mass is 603 g/mol. The molecule has 10 nitrogen and oxygen atoms in total. The Kier molecular flexibility index (Phi) is 6.92. The van der Waals surface area contributed by atoms with Crippen LogP contribution >= 0.6 is 39.0 Å². The fourth-order valence-electron chi connectivity index (χ4n) is 4.46. The number of anilines is 1. The summed E-state index contributed by atoms with van der Waals surface area (Å²) in [5, 5.41) is 11.5. The Bertz CT molecular complexity index is 1470. The third kappa shape index (κ3) is 4.93. The van der Waals surface area contributed by atoms with Gasteiger partial charge in [-0.05, 0) is 30.3 Å². The van der Waals surface area contributed by atoms with E-state index in [0.29, 0.717) is 31.4 Å². The van der Waals surface area contributed by atoms with Crippen molar-refractivity contribution >= 4 is 68.4 Å². The molecule has 3 N–H and O–H groups in total. The van der Waals surface area contributed by atoms with E-state index in [0.717, 1.165) is 28.0 Å². The third-order valence-corrected chi connectivity index (χ3v) is 8.83. The van der Waals surface area contributed by atoms with Crippen molar-refractivity contribution in [2.75, 3.05) is 18.5 Å². The lowest BCUT2D eigenvalue weighted by molar-refractivity contribution is -0.149. The van der Waals surface area contributed by atoms with Crippen LogP contribution in [0.1, 0.15) is 16.4 Å². The number of aromatic amines is 1. The van der Waals surface area contributed by atoms with Crippen LogP contribution in [0.4, 0.5) is 5.69 Å². The van der Waals surface area contributed by atoms with Gasteiger partial charge in [0.05, 0.1) is 10.9 Å². The number of imide groups is 1. The number of thiazole rings is 1. The second-order valence-electron chi connectivity index (χ2n) is 8.29. The number of nitrogens with zero attached hydrogens (tertiary/aromatic N) is 1. The van der Waals surface area contributed by atoms with Crippen LogP contribution in [0.2, 0.25) is 0 Å². The number of carboxylic acid groups (broad SMARTS) is 1. The Balaban J connectivity index is 1.51. The maximum Gasteiger partial charge on any atom is 0.323 e. The number of carboxylic acids is 1. The number of thioether (sulfide) groups is 1. The van der Waals surface area contributed by atoms with Crippen LogP contribution in [0, 0.1) is 5.92 Å². The standard InChI is InChI=1S/C24H18BrN3O7S2/c25-11-6-7-14(35-10-15(29)26-12-4-2-1-3-5-12)13(8-11)17-18-20(36-21-19(17)37-24(34)27-21)23(33)28(22(18)32)9-16(30)31/h1-8,17-18,20H,9-10H2,(H,26,29)(H,27,34)(H,30,31)/t17-,18+,20-/m0/s1. The number of aromatic nitrogens is 1. The lowest BCUT2D eigenvalue weighted by Crippen LogP contribution is -2.36. The van der Waals surface area contributed by atoms with Gasteiger partial charge < -0.3 is 20.1 Å². The van der Waals surface area contributed by atoms with E-state index in [2.05, 4.69) is 26.2 Å². The molecule has 1 saturated heterocycles. The van der Waals surface area contributed by atoms with Crippen molar-refractivity contribution in [3.63, 3.8) is 0 Å². The summed E-state index contributed by atoms with van der Waals surface area (Å²) >= 11 is 5.40. The minimum Gasteiger partial charge on any atom is -0.483 e. The van der Waals surface area contributed by atoms with Crippen LogP contribution in [0.15, 0.2) is 62.8 Å². The maximum atomic E-state index is 13.4. The second-order valence-corrected chi connectivity index (χ2v) is 11.4. The predicted octanol–water partition coefficient (Wildman–Crippen LogP) is 2.89. The minimum absolute atomic E-state index is 0.297. The Morgan fingerprint density at radius 2 is 1.86 bits per heavy atom. The predicted molar refractivity (Wildman–Crippen MR) is 139 cm³/mol. The molecule has 3 atom stereocenters. The van der Waals surface area contributed by atoms with Gasteiger partial charge in [-0.15, -0.1) is 0 Å². The fourth-order valence-corrected chi connectivity index (χ4v) is 7.36. The number of carbonyl (C=O) groups excluding carboxylic acids is 3. The zero-order valence-electron chi connectivity index (χ0n) is 18.8. The second kappa shape index (κ2) is 10.1. The molecule has 2 aromatic carbocycles. The number of hydrogen-bond donors (Lipinski definition) is 3. The van der Waals surface area contributed by atoms with Crippen LogP contribution in [-0.4, -0.2) is 57.1 Å². The Labute approximate surface area is 226 Å². The molecule has 0 bridgehead atoms. The maximum absolute atomic E-state index is 13.4. The first-order valence-corrected chi connectivity index (χ1v) is 13.5. The van der Waals surface area contributed by atoms with Crippen molar-refractivity contribution in [3.05, 3.63) is 73.1 Å². The van der Waals surface area contributed by atoms with Crippen molar-refractivity contribution in [2.24, 2.45) is 5.92 Å². The van der Waals surface area contributed by atoms with Crippen LogP contribution in [0.3, 0.4) is 0 Å². The van der Waals surface area contributed by atoms with Gasteiger partial charge in [-0.1, -0.05) is 57.2 Å². The minimum atomic E-state index is -1.30. The molecular formula is C24H18BrN3O7S2. The zero-order chi connectivity index (χ0) is 26.3. The lowest BCUT2D eigenvalue weighted by atomic mass is 9.82. The van der Waals surface area contributed by atoms with E-state index in [4.69, 9.17) is 4.74 Å². The molecule has 3 amide bonds. The molecule has 0 unspecified atom stereocenters. The number of halogens is 1. The number of ether oxygens (including phenoxy) is 1. The first kappa shape index (κ1) is 25.2. The van der Waals surface area contributed by atoms with E-state index >= 15 is 0 Å². The number of hydrogen-bond acceptors (Lipinski definition) is 8. The van der Waals surface area contributed by atoms with Crippen LogP contribution in [0.25, 0.3) is 0 Å². The number of benzene rings is 2. The quantitative estimate of drug-likeness (QED) is 0.349.